The van der Waals surface area contributed by atoms with Crippen LogP contribution in [0.3, 0.4) is 0 Å². The Labute approximate surface area is 403 Å². The summed E-state index contributed by atoms with van der Waals surface area (Å²) in [6, 6.07) is 70.6. The highest BCUT2D eigenvalue weighted by Crippen LogP contribution is 2.25. The normalized spacial score (nSPS) is 10.5. The summed E-state index contributed by atoms with van der Waals surface area (Å²) in [5.74, 6) is 1.27. The van der Waals surface area contributed by atoms with Crippen LogP contribution in [0.5, 0.6) is 23.0 Å². The molecule has 0 radical (unpaired) electrons. The predicted molar refractivity (Wildman–Crippen MR) is 278 cm³/mol. The number of phenolic OH excluding ortho intramolecular Hbond substituents is 2. The number of aromatic hydroxyl groups is 2. The van der Waals surface area contributed by atoms with E-state index in [0.717, 1.165) is 22.2 Å². The second-order valence-corrected chi connectivity index (χ2v) is 16.2. The molecule has 0 aliphatic heterocycles. The minimum atomic E-state index is -0.268. The van der Waals surface area contributed by atoms with Crippen molar-refractivity contribution in [2.24, 2.45) is 0 Å². The molecule has 0 spiro atoms. The van der Waals surface area contributed by atoms with Crippen LogP contribution in [-0.2, 0) is 18.5 Å². The number of halogens is 1. The van der Waals surface area contributed by atoms with E-state index in [2.05, 4.69) is 118 Å². The first-order chi connectivity index (χ1) is 33.3. The van der Waals surface area contributed by atoms with Crippen molar-refractivity contribution in [2.45, 2.75) is 18.5 Å². The molecule has 2 amide bonds. The van der Waals surface area contributed by atoms with Gasteiger partial charge in [0.1, 0.15) is 36.2 Å². The summed E-state index contributed by atoms with van der Waals surface area (Å²) in [6.07, 6.45) is 0. The second-order valence-electron chi connectivity index (χ2n) is 15.7. The number of rotatable bonds is 11. The standard InChI is InChI=1S/C35H27NO3.C13H11NO3.C11H9Br/c37-35(27-15-19-31(20-16-27)38-23-28-11-5-9-25-7-1-3-13-33(25)28)36-30-17-21-32(22-18-30)39-24-29-12-6-10-26-8-2-4-14-34(26)29;15-11-5-1-9(2-6-11)13(17)14-10-3-7-12(16)8-4-10;12-8-10-6-3-5-9-4-1-2-7-11(9)10/h1-22H,23-24H2,(H,36,37);1-8,15-16H,(H,14,17);1-7H,8H2. The van der Waals surface area contributed by atoms with Crippen molar-refractivity contribution in [3.8, 4) is 23.0 Å². The zero-order valence-electron chi connectivity index (χ0n) is 36.9. The number of carbonyl (C=O) groups is 2. The van der Waals surface area contributed by atoms with Gasteiger partial charge in [-0.2, -0.15) is 0 Å². The fourth-order valence-electron chi connectivity index (χ4n) is 7.47. The summed E-state index contributed by atoms with van der Waals surface area (Å²) < 4.78 is 12.0. The van der Waals surface area contributed by atoms with E-state index in [9.17, 15) is 9.59 Å². The van der Waals surface area contributed by atoms with E-state index >= 15 is 0 Å². The minimum Gasteiger partial charge on any atom is -0.508 e. The van der Waals surface area contributed by atoms with E-state index in [0.29, 0.717) is 41.5 Å². The molecular formula is C59H47BrN2O6. The number of fused-ring (bicyclic) bond motifs is 3. The molecule has 0 aliphatic carbocycles. The smallest absolute Gasteiger partial charge is 0.255 e. The van der Waals surface area contributed by atoms with Gasteiger partial charge < -0.3 is 30.3 Å². The molecule has 0 bridgehead atoms. The van der Waals surface area contributed by atoms with Gasteiger partial charge in [0, 0.05) is 27.8 Å². The molecule has 10 rings (SSSR count). The molecule has 9 heteroatoms. The topological polar surface area (TPSA) is 117 Å². The van der Waals surface area contributed by atoms with Crippen molar-refractivity contribution < 1.29 is 29.3 Å². The number of hydrogen-bond acceptors (Lipinski definition) is 6. The van der Waals surface area contributed by atoms with Crippen molar-refractivity contribution in [1.82, 2.24) is 0 Å². The van der Waals surface area contributed by atoms with E-state index in [4.69, 9.17) is 19.7 Å². The van der Waals surface area contributed by atoms with E-state index in [1.807, 2.05) is 72.8 Å². The number of hydrogen-bond donors (Lipinski definition) is 4. The maximum atomic E-state index is 12.8. The van der Waals surface area contributed by atoms with Crippen LogP contribution in [0, 0.1) is 0 Å². The van der Waals surface area contributed by atoms with Crippen molar-refractivity contribution in [2.75, 3.05) is 10.6 Å². The third kappa shape index (κ3) is 12.3. The molecule has 0 atom stereocenters. The quantitative estimate of drug-likeness (QED) is 0.0758. The van der Waals surface area contributed by atoms with Crippen LogP contribution in [-0.4, -0.2) is 22.0 Å². The van der Waals surface area contributed by atoms with Gasteiger partial charge in [-0.1, -0.05) is 143 Å². The van der Waals surface area contributed by atoms with E-state index in [-0.39, 0.29) is 23.3 Å². The van der Waals surface area contributed by atoms with Gasteiger partial charge >= 0.3 is 0 Å². The molecule has 0 heterocycles. The minimum absolute atomic E-state index is 0.117. The Hall–Kier alpha value is -8.40. The summed E-state index contributed by atoms with van der Waals surface area (Å²) in [7, 11) is 0. The molecule has 10 aromatic rings. The fraction of sp³-hybridized carbons (Fsp3) is 0.0508. The van der Waals surface area contributed by atoms with Gasteiger partial charge in [0.05, 0.1) is 0 Å². The van der Waals surface area contributed by atoms with Crippen LogP contribution < -0.4 is 20.1 Å². The van der Waals surface area contributed by atoms with Crippen molar-refractivity contribution in [3.63, 3.8) is 0 Å². The molecule has 4 N–H and O–H groups in total. The lowest BCUT2D eigenvalue weighted by atomic mass is 10.1. The second kappa shape index (κ2) is 22.7. The van der Waals surface area contributed by atoms with Crippen molar-refractivity contribution >= 4 is 71.4 Å². The average molecular weight is 960 g/mol. The van der Waals surface area contributed by atoms with E-state index < -0.39 is 0 Å². The Morgan fingerprint density at radius 3 is 1.13 bits per heavy atom. The summed E-state index contributed by atoms with van der Waals surface area (Å²) in [5, 5.41) is 32.2. The Balaban J connectivity index is 0.000000175. The van der Waals surface area contributed by atoms with Crippen LogP contribution in [0.4, 0.5) is 11.4 Å². The highest BCUT2D eigenvalue weighted by molar-refractivity contribution is 9.08. The molecule has 0 saturated heterocycles. The molecular weight excluding hydrogens is 913 g/mol. The van der Waals surface area contributed by atoms with Crippen LogP contribution >= 0.6 is 15.9 Å². The Kier molecular flexibility index (Phi) is 15.4. The maximum Gasteiger partial charge on any atom is 0.255 e. The van der Waals surface area contributed by atoms with Gasteiger partial charge in [0.2, 0.25) is 0 Å². The lowest BCUT2D eigenvalue weighted by molar-refractivity contribution is 0.101. The SMILES string of the molecule is BrCc1cccc2ccccc12.O=C(Nc1ccc(O)cc1)c1ccc(O)cc1.O=C(Nc1ccc(OCc2cccc3ccccc23)cc1)c1ccc(OCc2cccc3ccccc23)cc1. The number of ether oxygens (including phenoxy) is 2. The van der Waals surface area contributed by atoms with Crippen LogP contribution in [0.15, 0.2) is 224 Å². The van der Waals surface area contributed by atoms with Crippen LogP contribution in [0.25, 0.3) is 32.3 Å². The average Bonchev–Trinajstić information content (AvgIpc) is 3.39. The zero-order valence-corrected chi connectivity index (χ0v) is 38.5. The number of amides is 2. The molecule has 0 aliphatic rings. The third-order valence-corrected chi connectivity index (χ3v) is 11.7. The first-order valence-corrected chi connectivity index (χ1v) is 23.0. The Morgan fingerprint density at radius 2 is 0.706 bits per heavy atom. The maximum absolute atomic E-state index is 12.8. The fourth-order valence-corrected chi connectivity index (χ4v) is 7.96. The van der Waals surface area contributed by atoms with E-state index in [1.54, 1.807) is 24.3 Å². The lowest BCUT2D eigenvalue weighted by Gasteiger charge is -2.11. The first kappa shape index (κ1) is 46.1. The summed E-state index contributed by atoms with van der Waals surface area (Å²) in [6.45, 7) is 0.934. The monoisotopic (exact) mass is 958 g/mol. The number of alkyl halides is 1. The highest BCUT2D eigenvalue weighted by Gasteiger charge is 2.09. The molecule has 10 aromatic carbocycles. The summed E-state index contributed by atoms with van der Waals surface area (Å²) in [5.41, 5.74) is 5.93. The summed E-state index contributed by atoms with van der Waals surface area (Å²) >= 11 is 3.48. The number of carbonyl (C=O) groups excluding carboxylic acids is 2. The van der Waals surface area contributed by atoms with Crippen molar-refractivity contribution in [3.05, 3.63) is 252 Å². The number of anilines is 2. The Bertz CT molecular complexity index is 3250. The van der Waals surface area contributed by atoms with Gasteiger partial charge in [-0.25, -0.2) is 0 Å². The predicted octanol–water partition coefficient (Wildman–Crippen LogP) is 14.5. The number of phenols is 2. The van der Waals surface area contributed by atoms with E-state index in [1.165, 1.54) is 74.3 Å². The molecule has 68 heavy (non-hydrogen) atoms. The van der Waals surface area contributed by atoms with Gasteiger partial charge in [-0.3, -0.25) is 9.59 Å². The molecule has 0 aromatic heterocycles. The van der Waals surface area contributed by atoms with Crippen LogP contribution in [0.2, 0.25) is 0 Å². The third-order valence-electron chi connectivity index (χ3n) is 11.1. The Morgan fingerprint density at radius 1 is 0.382 bits per heavy atom. The summed E-state index contributed by atoms with van der Waals surface area (Å²) in [4.78, 5) is 24.5. The van der Waals surface area contributed by atoms with Gasteiger partial charge in [0.15, 0.2) is 0 Å². The van der Waals surface area contributed by atoms with Crippen molar-refractivity contribution in [1.29, 1.82) is 0 Å². The lowest BCUT2D eigenvalue weighted by Crippen LogP contribution is -2.11. The largest absolute Gasteiger partial charge is 0.508 e. The highest BCUT2D eigenvalue weighted by atomic mass is 79.9. The van der Waals surface area contributed by atoms with Gasteiger partial charge in [-0.15, -0.1) is 0 Å². The van der Waals surface area contributed by atoms with Gasteiger partial charge in [0.25, 0.3) is 11.8 Å². The number of nitrogens with one attached hydrogen (secondary N) is 2. The zero-order chi connectivity index (χ0) is 47.1. The molecule has 8 nitrogen and oxygen atoms in total. The number of benzene rings is 10. The molecule has 0 unspecified atom stereocenters. The molecule has 0 saturated carbocycles. The molecule has 336 valence electrons. The first-order valence-electron chi connectivity index (χ1n) is 21.9. The molecule has 0 fully saturated rings. The van der Waals surface area contributed by atoms with Gasteiger partial charge in [-0.05, 0) is 146 Å². The van der Waals surface area contributed by atoms with Crippen LogP contribution in [0.1, 0.15) is 37.4 Å².